The maximum atomic E-state index is 12.2. The highest BCUT2D eigenvalue weighted by Gasteiger charge is 2.28. The zero-order chi connectivity index (χ0) is 12.1. The highest BCUT2D eigenvalue weighted by molar-refractivity contribution is 5.79. The lowest BCUT2D eigenvalue weighted by molar-refractivity contribution is -0.137. The van der Waals surface area contributed by atoms with E-state index in [-0.39, 0.29) is 12.0 Å². The summed E-state index contributed by atoms with van der Waals surface area (Å²) in [5, 5.41) is 3.73. The monoisotopic (exact) mass is 236 g/mol. The molecular formula is C12H20N4O. The van der Waals surface area contributed by atoms with Crippen molar-refractivity contribution < 1.29 is 4.79 Å². The minimum atomic E-state index is 0.0930. The molecule has 5 nitrogen and oxygen atoms in total. The molecule has 5 heteroatoms. The van der Waals surface area contributed by atoms with E-state index in [1.54, 1.807) is 0 Å². The highest BCUT2D eigenvalue weighted by Crippen LogP contribution is 2.26. The van der Waals surface area contributed by atoms with Crippen LogP contribution in [0.15, 0.2) is 5.11 Å². The third kappa shape index (κ3) is 3.13. The molecule has 0 aromatic rings. The third-order valence-electron chi connectivity index (χ3n) is 3.95. The molecule has 0 aromatic carbocycles. The molecule has 1 saturated heterocycles. The van der Waals surface area contributed by atoms with Crippen LogP contribution >= 0.6 is 0 Å². The van der Waals surface area contributed by atoms with Gasteiger partial charge in [0.2, 0.25) is 5.91 Å². The molecule has 2 rings (SSSR count). The molecule has 1 aliphatic heterocycles. The Morgan fingerprint density at radius 3 is 2.35 bits per heavy atom. The molecule has 0 radical (unpaired) electrons. The van der Waals surface area contributed by atoms with Crippen molar-refractivity contribution in [2.75, 3.05) is 13.1 Å². The van der Waals surface area contributed by atoms with Gasteiger partial charge in [0, 0.05) is 30.0 Å². The normalized spacial score (nSPS) is 23.2. The van der Waals surface area contributed by atoms with Crippen molar-refractivity contribution in [3.05, 3.63) is 10.4 Å². The van der Waals surface area contributed by atoms with Gasteiger partial charge in [0.05, 0.1) is 0 Å². The average molecular weight is 236 g/mol. The first-order valence-corrected chi connectivity index (χ1v) is 6.64. The summed E-state index contributed by atoms with van der Waals surface area (Å²) in [7, 11) is 0. The number of rotatable bonds is 2. The minimum absolute atomic E-state index is 0.0930. The van der Waals surface area contributed by atoms with Crippen LogP contribution in [0.5, 0.6) is 0 Å². The molecule has 0 unspecified atom stereocenters. The van der Waals surface area contributed by atoms with Gasteiger partial charge >= 0.3 is 0 Å². The third-order valence-corrected chi connectivity index (χ3v) is 3.95. The lowest BCUT2D eigenvalue weighted by Crippen LogP contribution is -2.43. The van der Waals surface area contributed by atoms with Crippen molar-refractivity contribution in [2.45, 2.75) is 51.0 Å². The first-order chi connectivity index (χ1) is 8.31. The fourth-order valence-corrected chi connectivity index (χ4v) is 2.88. The van der Waals surface area contributed by atoms with Gasteiger partial charge in [0.1, 0.15) is 0 Å². The standard InChI is InChI=1S/C12H20N4O/c13-15-14-11-6-8-16(9-7-11)12(17)10-4-2-1-3-5-10/h10-11H,1-9H2. The number of hydrogen-bond donors (Lipinski definition) is 0. The van der Waals surface area contributed by atoms with Crippen LogP contribution in [-0.4, -0.2) is 29.9 Å². The van der Waals surface area contributed by atoms with E-state index >= 15 is 0 Å². The molecule has 0 spiro atoms. The molecule has 0 N–H and O–H groups in total. The first-order valence-electron chi connectivity index (χ1n) is 6.64. The van der Waals surface area contributed by atoms with Crippen molar-refractivity contribution in [1.82, 2.24) is 4.90 Å². The molecule has 1 saturated carbocycles. The molecule has 94 valence electrons. The number of carbonyl (C=O) groups excluding carboxylic acids is 1. The summed E-state index contributed by atoms with van der Waals surface area (Å²) < 4.78 is 0. The molecule has 1 aliphatic carbocycles. The second kappa shape index (κ2) is 5.92. The maximum Gasteiger partial charge on any atom is 0.225 e. The number of hydrogen-bond acceptors (Lipinski definition) is 2. The van der Waals surface area contributed by atoms with Gasteiger partial charge < -0.3 is 4.90 Å². The Kier molecular flexibility index (Phi) is 4.26. The average Bonchev–Trinajstić information content (AvgIpc) is 2.40. The fraction of sp³-hybridized carbons (Fsp3) is 0.917. The van der Waals surface area contributed by atoms with Gasteiger partial charge in [-0.3, -0.25) is 4.79 Å². The lowest BCUT2D eigenvalue weighted by Gasteiger charge is -2.33. The van der Waals surface area contributed by atoms with Crippen molar-refractivity contribution in [3.8, 4) is 0 Å². The number of carbonyl (C=O) groups is 1. The molecule has 17 heavy (non-hydrogen) atoms. The van der Waals surface area contributed by atoms with Crippen molar-refractivity contribution in [1.29, 1.82) is 0 Å². The molecule has 2 aliphatic rings. The second-order valence-corrected chi connectivity index (χ2v) is 5.10. The molecule has 1 amide bonds. The molecule has 0 atom stereocenters. The number of amides is 1. The van der Waals surface area contributed by atoms with Crippen molar-refractivity contribution >= 4 is 5.91 Å². The highest BCUT2D eigenvalue weighted by atomic mass is 16.2. The summed E-state index contributed by atoms with van der Waals surface area (Å²) in [5.41, 5.74) is 8.38. The Bertz CT molecular complexity index is 310. The molecular weight excluding hydrogens is 216 g/mol. The van der Waals surface area contributed by atoms with Crippen LogP contribution in [0.25, 0.3) is 10.4 Å². The second-order valence-electron chi connectivity index (χ2n) is 5.10. The van der Waals surface area contributed by atoms with Gasteiger partial charge in [-0.15, -0.1) is 0 Å². The van der Waals surface area contributed by atoms with Crippen LogP contribution in [0.2, 0.25) is 0 Å². The van der Waals surface area contributed by atoms with Crippen molar-refractivity contribution in [3.63, 3.8) is 0 Å². The van der Waals surface area contributed by atoms with E-state index < -0.39 is 0 Å². The van der Waals surface area contributed by atoms with Crippen LogP contribution in [0.3, 0.4) is 0 Å². The van der Waals surface area contributed by atoms with Gasteiger partial charge in [-0.05, 0) is 31.2 Å². The van der Waals surface area contributed by atoms with E-state index in [4.69, 9.17) is 5.53 Å². The molecule has 0 aromatic heterocycles. The SMILES string of the molecule is [N-]=[N+]=NC1CCN(C(=O)C2CCCCC2)CC1. The Balaban J connectivity index is 1.83. The predicted octanol–water partition coefficient (Wildman–Crippen LogP) is 2.87. The summed E-state index contributed by atoms with van der Waals surface area (Å²) in [6.45, 7) is 1.53. The van der Waals surface area contributed by atoms with Crippen molar-refractivity contribution in [2.24, 2.45) is 11.0 Å². The van der Waals surface area contributed by atoms with E-state index in [0.29, 0.717) is 5.91 Å². The van der Waals surface area contributed by atoms with E-state index in [1.165, 1.54) is 19.3 Å². The summed E-state index contributed by atoms with van der Waals surface area (Å²) >= 11 is 0. The van der Waals surface area contributed by atoms with Gasteiger partial charge in [0.15, 0.2) is 0 Å². The number of likely N-dealkylation sites (tertiary alicyclic amines) is 1. The number of nitrogens with zero attached hydrogens (tertiary/aromatic N) is 4. The van der Waals surface area contributed by atoms with Crippen LogP contribution in [0, 0.1) is 5.92 Å². The van der Waals surface area contributed by atoms with Gasteiger partial charge in [0.25, 0.3) is 0 Å². The minimum Gasteiger partial charge on any atom is -0.342 e. The predicted molar refractivity (Wildman–Crippen MR) is 65.3 cm³/mol. The smallest absolute Gasteiger partial charge is 0.225 e. The van der Waals surface area contributed by atoms with Crippen LogP contribution in [0.4, 0.5) is 0 Å². The molecule has 2 fully saturated rings. The first kappa shape index (κ1) is 12.2. The zero-order valence-electron chi connectivity index (χ0n) is 10.2. The Morgan fingerprint density at radius 1 is 1.12 bits per heavy atom. The van der Waals surface area contributed by atoms with Crippen LogP contribution in [-0.2, 0) is 4.79 Å². The quantitative estimate of drug-likeness (QED) is 0.413. The van der Waals surface area contributed by atoms with Gasteiger partial charge in [-0.25, -0.2) is 0 Å². The fourth-order valence-electron chi connectivity index (χ4n) is 2.88. The van der Waals surface area contributed by atoms with E-state index in [9.17, 15) is 4.79 Å². The summed E-state index contributed by atoms with van der Waals surface area (Å²) in [6, 6.07) is 0.0930. The number of azide groups is 1. The Labute approximate surface area is 102 Å². The maximum absolute atomic E-state index is 12.2. The summed E-state index contributed by atoms with van der Waals surface area (Å²) in [4.78, 5) is 17.1. The van der Waals surface area contributed by atoms with E-state index in [2.05, 4.69) is 10.0 Å². The van der Waals surface area contributed by atoms with Crippen LogP contribution < -0.4 is 0 Å². The van der Waals surface area contributed by atoms with Crippen LogP contribution in [0.1, 0.15) is 44.9 Å². The largest absolute Gasteiger partial charge is 0.342 e. The van der Waals surface area contributed by atoms with E-state index in [0.717, 1.165) is 38.8 Å². The Morgan fingerprint density at radius 2 is 1.76 bits per heavy atom. The zero-order valence-corrected chi connectivity index (χ0v) is 10.2. The Hall–Kier alpha value is -1.22. The van der Waals surface area contributed by atoms with E-state index in [1.807, 2.05) is 4.90 Å². The summed E-state index contributed by atoms with van der Waals surface area (Å²) in [5.74, 6) is 0.601. The molecule has 0 bridgehead atoms. The summed E-state index contributed by atoms with van der Waals surface area (Å²) in [6.07, 6.45) is 7.45. The van der Waals surface area contributed by atoms with Gasteiger partial charge in [-0.2, -0.15) is 0 Å². The molecule has 1 heterocycles. The lowest BCUT2D eigenvalue weighted by atomic mass is 9.87. The topological polar surface area (TPSA) is 69.1 Å². The van der Waals surface area contributed by atoms with Gasteiger partial charge in [-0.1, -0.05) is 24.4 Å². The number of piperidine rings is 1.